The molecule has 0 radical (unpaired) electrons. The SMILES string of the molecule is COc1ccc(COc2ccc(Nc3ccc4ncc(N5CCC5)nc4c3C#N)cc2OC)cc1. The summed E-state index contributed by atoms with van der Waals surface area (Å²) in [5.41, 5.74) is 4.18. The Morgan fingerprint density at radius 3 is 2.51 bits per heavy atom. The molecule has 35 heavy (non-hydrogen) atoms. The van der Waals surface area contributed by atoms with E-state index in [0.29, 0.717) is 40.4 Å². The second-order valence-corrected chi connectivity index (χ2v) is 8.16. The highest BCUT2D eigenvalue weighted by molar-refractivity contribution is 5.89. The molecule has 1 fully saturated rings. The summed E-state index contributed by atoms with van der Waals surface area (Å²) in [6, 6.07) is 19.3. The van der Waals surface area contributed by atoms with Gasteiger partial charge in [-0.1, -0.05) is 12.1 Å². The van der Waals surface area contributed by atoms with Gasteiger partial charge in [-0.25, -0.2) is 4.98 Å². The smallest absolute Gasteiger partial charge is 0.162 e. The van der Waals surface area contributed by atoms with Gasteiger partial charge in [0.25, 0.3) is 0 Å². The molecule has 0 atom stereocenters. The summed E-state index contributed by atoms with van der Waals surface area (Å²) in [6.07, 6.45) is 2.92. The minimum Gasteiger partial charge on any atom is -0.497 e. The zero-order valence-corrected chi connectivity index (χ0v) is 19.6. The van der Waals surface area contributed by atoms with Gasteiger partial charge >= 0.3 is 0 Å². The Labute approximate surface area is 203 Å². The van der Waals surface area contributed by atoms with Crippen LogP contribution >= 0.6 is 0 Å². The molecule has 1 N–H and O–H groups in total. The molecule has 8 nitrogen and oxygen atoms in total. The van der Waals surface area contributed by atoms with Crippen LogP contribution in [0.25, 0.3) is 11.0 Å². The van der Waals surface area contributed by atoms with Gasteiger partial charge < -0.3 is 24.4 Å². The van der Waals surface area contributed by atoms with E-state index in [0.717, 1.165) is 42.3 Å². The molecule has 0 spiro atoms. The average Bonchev–Trinajstić information content (AvgIpc) is 2.87. The van der Waals surface area contributed by atoms with Crippen molar-refractivity contribution in [3.8, 4) is 23.3 Å². The second-order valence-electron chi connectivity index (χ2n) is 8.16. The van der Waals surface area contributed by atoms with Crippen LogP contribution in [0.4, 0.5) is 17.2 Å². The Bertz CT molecular complexity index is 1390. The topological polar surface area (TPSA) is 92.5 Å². The number of hydrogen-bond acceptors (Lipinski definition) is 8. The molecule has 0 aliphatic carbocycles. The normalized spacial score (nSPS) is 12.5. The zero-order valence-electron chi connectivity index (χ0n) is 19.6. The van der Waals surface area contributed by atoms with Crippen LogP contribution in [0.15, 0.2) is 60.8 Å². The van der Waals surface area contributed by atoms with Crippen LogP contribution in [0.3, 0.4) is 0 Å². The largest absolute Gasteiger partial charge is 0.497 e. The molecule has 0 unspecified atom stereocenters. The van der Waals surface area contributed by atoms with Crippen molar-refractivity contribution in [2.75, 3.05) is 37.5 Å². The van der Waals surface area contributed by atoms with Crippen molar-refractivity contribution in [1.29, 1.82) is 5.26 Å². The van der Waals surface area contributed by atoms with Gasteiger partial charge in [0, 0.05) is 24.8 Å². The highest BCUT2D eigenvalue weighted by Gasteiger charge is 2.18. The van der Waals surface area contributed by atoms with E-state index in [1.54, 1.807) is 20.4 Å². The van der Waals surface area contributed by atoms with Crippen LogP contribution in [-0.4, -0.2) is 37.3 Å². The monoisotopic (exact) mass is 467 g/mol. The Kier molecular flexibility index (Phi) is 6.22. The number of fused-ring (bicyclic) bond motifs is 1. The molecule has 3 aromatic carbocycles. The van der Waals surface area contributed by atoms with Crippen molar-refractivity contribution in [3.05, 3.63) is 71.9 Å². The fourth-order valence-corrected chi connectivity index (χ4v) is 3.89. The summed E-state index contributed by atoms with van der Waals surface area (Å²) < 4.78 is 16.7. The van der Waals surface area contributed by atoms with Gasteiger partial charge in [-0.05, 0) is 48.4 Å². The van der Waals surface area contributed by atoms with Crippen LogP contribution in [0.2, 0.25) is 0 Å². The van der Waals surface area contributed by atoms with E-state index in [2.05, 4.69) is 21.3 Å². The number of nitriles is 1. The molecule has 4 aromatic rings. The minimum atomic E-state index is 0.397. The van der Waals surface area contributed by atoms with E-state index in [9.17, 15) is 5.26 Å². The first-order chi connectivity index (χ1) is 17.2. The van der Waals surface area contributed by atoms with E-state index in [4.69, 9.17) is 19.2 Å². The van der Waals surface area contributed by atoms with Gasteiger partial charge in [0.05, 0.1) is 31.6 Å². The number of methoxy groups -OCH3 is 2. The van der Waals surface area contributed by atoms with E-state index < -0.39 is 0 Å². The van der Waals surface area contributed by atoms with E-state index in [1.807, 2.05) is 54.6 Å². The van der Waals surface area contributed by atoms with Crippen molar-refractivity contribution in [2.45, 2.75) is 13.0 Å². The van der Waals surface area contributed by atoms with Gasteiger partial charge in [0.15, 0.2) is 11.5 Å². The first kappa shape index (κ1) is 22.3. The maximum absolute atomic E-state index is 9.93. The lowest BCUT2D eigenvalue weighted by Crippen LogP contribution is -2.37. The molecule has 0 amide bonds. The van der Waals surface area contributed by atoms with Gasteiger partial charge in [-0.2, -0.15) is 5.26 Å². The molecular weight excluding hydrogens is 442 g/mol. The molecular formula is C27H25N5O3. The van der Waals surface area contributed by atoms with E-state index in [1.165, 1.54) is 0 Å². The third-order valence-corrected chi connectivity index (χ3v) is 5.99. The quantitative estimate of drug-likeness (QED) is 0.385. The van der Waals surface area contributed by atoms with Gasteiger partial charge in [-0.15, -0.1) is 0 Å². The average molecular weight is 468 g/mol. The Morgan fingerprint density at radius 2 is 1.83 bits per heavy atom. The fourth-order valence-electron chi connectivity index (χ4n) is 3.89. The second kappa shape index (κ2) is 9.77. The van der Waals surface area contributed by atoms with Gasteiger partial charge in [0.2, 0.25) is 0 Å². The lowest BCUT2D eigenvalue weighted by Gasteiger charge is -2.31. The molecule has 1 aliphatic rings. The van der Waals surface area contributed by atoms with Crippen LogP contribution in [0.5, 0.6) is 17.2 Å². The lowest BCUT2D eigenvalue weighted by molar-refractivity contribution is 0.284. The number of nitrogens with zero attached hydrogens (tertiary/aromatic N) is 4. The number of benzene rings is 3. The first-order valence-electron chi connectivity index (χ1n) is 11.3. The number of hydrogen-bond donors (Lipinski definition) is 1. The van der Waals surface area contributed by atoms with Crippen molar-refractivity contribution in [1.82, 2.24) is 9.97 Å². The Morgan fingerprint density at radius 1 is 1.00 bits per heavy atom. The molecule has 8 heteroatoms. The Balaban J connectivity index is 1.37. The molecule has 1 aliphatic heterocycles. The molecule has 176 valence electrons. The highest BCUT2D eigenvalue weighted by Crippen LogP contribution is 2.34. The van der Waals surface area contributed by atoms with Crippen LogP contribution in [-0.2, 0) is 6.61 Å². The van der Waals surface area contributed by atoms with Crippen LogP contribution in [0, 0.1) is 11.3 Å². The molecule has 0 saturated carbocycles. The molecule has 0 bridgehead atoms. The third-order valence-electron chi connectivity index (χ3n) is 5.99. The van der Waals surface area contributed by atoms with Crippen LogP contribution < -0.4 is 24.4 Å². The fraction of sp³-hybridized carbons (Fsp3) is 0.222. The molecule has 1 aromatic heterocycles. The summed E-state index contributed by atoms with van der Waals surface area (Å²) in [5, 5.41) is 13.3. The number of ether oxygens (including phenoxy) is 3. The summed E-state index contributed by atoms with van der Waals surface area (Å²) in [6.45, 7) is 2.33. The van der Waals surface area contributed by atoms with Crippen LogP contribution in [0.1, 0.15) is 17.5 Å². The number of nitrogens with one attached hydrogen (secondary N) is 1. The van der Waals surface area contributed by atoms with Crippen molar-refractivity contribution < 1.29 is 14.2 Å². The zero-order chi connectivity index (χ0) is 24.2. The lowest BCUT2D eigenvalue weighted by atomic mass is 10.1. The van der Waals surface area contributed by atoms with Crippen molar-refractivity contribution in [3.63, 3.8) is 0 Å². The van der Waals surface area contributed by atoms with Crippen molar-refractivity contribution in [2.24, 2.45) is 0 Å². The maximum atomic E-state index is 9.93. The van der Waals surface area contributed by atoms with Gasteiger partial charge in [-0.3, -0.25) is 4.98 Å². The Hall–Kier alpha value is -4.51. The number of rotatable bonds is 8. The summed E-state index contributed by atoms with van der Waals surface area (Å²) >= 11 is 0. The highest BCUT2D eigenvalue weighted by atomic mass is 16.5. The maximum Gasteiger partial charge on any atom is 0.162 e. The summed E-state index contributed by atoms with van der Waals surface area (Å²) in [4.78, 5) is 11.4. The number of aromatic nitrogens is 2. The summed E-state index contributed by atoms with van der Waals surface area (Å²) in [7, 11) is 3.24. The minimum absolute atomic E-state index is 0.397. The summed E-state index contributed by atoms with van der Waals surface area (Å²) in [5.74, 6) is 2.81. The van der Waals surface area contributed by atoms with Gasteiger partial charge in [0.1, 0.15) is 35.3 Å². The van der Waals surface area contributed by atoms with E-state index >= 15 is 0 Å². The predicted molar refractivity (Wildman–Crippen MR) is 135 cm³/mol. The first-order valence-corrected chi connectivity index (χ1v) is 11.3. The molecule has 5 rings (SSSR count). The number of anilines is 3. The predicted octanol–water partition coefficient (Wildman–Crippen LogP) is 5.05. The molecule has 1 saturated heterocycles. The standard InChI is InChI=1S/C27H25N5O3/c1-33-20-7-4-18(5-8-20)17-35-24-11-6-19(14-25(24)34-2)30-22-9-10-23-27(21(22)15-28)31-26(16-29-23)32-12-3-13-32/h4-11,14,16,30H,3,12-13,17H2,1-2H3. The van der Waals surface area contributed by atoms with Crippen molar-refractivity contribution >= 4 is 28.2 Å². The van der Waals surface area contributed by atoms with E-state index in [-0.39, 0.29) is 0 Å². The molecule has 2 heterocycles. The third kappa shape index (κ3) is 4.62.